The molecule has 0 amide bonds. The van der Waals surface area contributed by atoms with E-state index in [2.05, 4.69) is 0 Å². The summed E-state index contributed by atoms with van der Waals surface area (Å²) in [6, 6.07) is 10.3. The highest BCUT2D eigenvalue weighted by atomic mass is 35.5. The molecule has 2 aromatic rings. The largest absolute Gasteiger partial charge is 0.506 e. The molecule has 0 bridgehead atoms. The van der Waals surface area contributed by atoms with Crippen molar-refractivity contribution in [3.63, 3.8) is 0 Å². The molecular weight excluding hydrogens is 266 g/mol. The Balaban J connectivity index is 2.68. The molecule has 0 saturated carbocycles. The predicted octanol–water partition coefficient (Wildman–Crippen LogP) is 5.02. The highest BCUT2D eigenvalue weighted by Gasteiger charge is 2.12. The number of hydrogen-bond acceptors (Lipinski definition) is 1. The van der Waals surface area contributed by atoms with Crippen LogP contribution in [0, 0.1) is 0 Å². The minimum atomic E-state index is 0.00772. The molecule has 0 heterocycles. The monoisotopic (exact) mass is 272 g/mol. The van der Waals surface area contributed by atoms with Crippen LogP contribution in [0.4, 0.5) is 0 Å². The number of aromatic hydroxyl groups is 1. The van der Waals surface area contributed by atoms with Gasteiger partial charge in [0.2, 0.25) is 0 Å². The lowest BCUT2D eigenvalue weighted by Gasteiger charge is -2.08. The predicted molar refractivity (Wildman–Crippen MR) is 68.6 cm³/mol. The van der Waals surface area contributed by atoms with Crippen LogP contribution in [0.3, 0.4) is 0 Å². The molecule has 0 radical (unpaired) electrons. The first-order valence-corrected chi connectivity index (χ1v) is 5.66. The van der Waals surface area contributed by atoms with Gasteiger partial charge in [0.15, 0.2) is 0 Å². The third-order valence-corrected chi connectivity index (χ3v) is 3.35. The molecule has 1 N–H and O–H groups in total. The van der Waals surface area contributed by atoms with Crippen molar-refractivity contribution in [3.8, 4) is 16.9 Å². The second-order valence-electron chi connectivity index (χ2n) is 3.24. The number of phenols is 1. The van der Waals surface area contributed by atoms with Crippen molar-refractivity contribution in [2.24, 2.45) is 0 Å². The topological polar surface area (TPSA) is 20.2 Å². The summed E-state index contributed by atoms with van der Waals surface area (Å²) in [7, 11) is 0. The Hall–Kier alpha value is -0.890. The molecule has 0 aliphatic rings. The molecular formula is C12H7Cl3O. The maximum absolute atomic E-state index is 9.83. The van der Waals surface area contributed by atoms with E-state index in [1.807, 2.05) is 0 Å². The second kappa shape index (κ2) is 4.54. The fourth-order valence-electron chi connectivity index (χ4n) is 1.44. The Morgan fingerprint density at radius 2 is 1.31 bits per heavy atom. The third kappa shape index (κ3) is 1.99. The number of hydrogen-bond donors (Lipinski definition) is 1. The Bertz CT molecular complexity index is 488. The number of para-hydroxylation sites is 1. The summed E-state index contributed by atoms with van der Waals surface area (Å²) >= 11 is 17.8. The van der Waals surface area contributed by atoms with E-state index in [4.69, 9.17) is 34.8 Å². The van der Waals surface area contributed by atoms with Crippen LogP contribution in [-0.2, 0) is 0 Å². The van der Waals surface area contributed by atoms with Gasteiger partial charge in [0.25, 0.3) is 0 Å². The Morgan fingerprint density at radius 3 is 2.00 bits per heavy atom. The van der Waals surface area contributed by atoms with Gasteiger partial charge < -0.3 is 5.11 Å². The number of rotatable bonds is 1. The van der Waals surface area contributed by atoms with Gasteiger partial charge in [-0.25, -0.2) is 0 Å². The van der Waals surface area contributed by atoms with E-state index in [1.165, 1.54) is 0 Å². The van der Waals surface area contributed by atoms with Gasteiger partial charge >= 0.3 is 0 Å². The molecule has 0 saturated heterocycles. The first-order valence-electron chi connectivity index (χ1n) is 4.53. The average Bonchev–Trinajstić information content (AvgIpc) is 2.27. The van der Waals surface area contributed by atoms with Crippen molar-refractivity contribution in [2.75, 3.05) is 0 Å². The smallest absolute Gasteiger partial charge is 0.142 e. The molecule has 0 unspecified atom stereocenters. The van der Waals surface area contributed by atoms with E-state index in [0.717, 1.165) is 0 Å². The molecule has 1 nitrogen and oxygen atoms in total. The Morgan fingerprint density at radius 1 is 0.750 bits per heavy atom. The van der Waals surface area contributed by atoms with E-state index in [-0.39, 0.29) is 10.8 Å². The molecule has 0 spiro atoms. The highest BCUT2D eigenvalue weighted by molar-refractivity contribution is 6.43. The number of halogens is 3. The van der Waals surface area contributed by atoms with Crippen molar-refractivity contribution < 1.29 is 5.11 Å². The van der Waals surface area contributed by atoms with Crippen LogP contribution < -0.4 is 0 Å². The van der Waals surface area contributed by atoms with Crippen molar-refractivity contribution in [3.05, 3.63) is 51.5 Å². The lowest BCUT2D eigenvalue weighted by atomic mass is 10.0. The summed E-state index contributed by atoms with van der Waals surface area (Å²) in [6.45, 7) is 0. The maximum Gasteiger partial charge on any atom is 0.142 e. The van der Waals surface area contributed by atoms with E-state index in [9.17, 15) is 5.11 Å². The SMILES string of the molecule is Oc1c(Cl)cccc1-c1cccc(Cl)c1Cl. The molecule has 0 aliphatic carbocycles. The van der Waals surface area contributed by atoms with Gasteiger partial charge in [0.1, 0.15) is 5.75 Å². The summed E-state index contributed by atoms with van der Waals surface area (Å²) in [4.78, 5) is 0. The van der Waals surface area contributed by atoms with E-state index in [1.54, 1.807) is 36.4 Å². The molecule has 4 heteroatoms. The first kappa shape index (κ1) is 11.6. The minimum absolute atomic E-state index is 0.00772. The summed E-state index contributed by atoms with van der Waals surface area (Å²) in [5.41, 5.74) is 1.23. The van der Waals surface area contributed by atoms with Crippen LogP contribution in [0.25, 0.3) is 11.1 Å². The zero-order valence-corrected chi connectivity index (χ0v) is 10.3. The van der Waals surface area contributed by atoms with Crippen LogP contribution in [-0.4, -0.2) is 5.11 Å². The standard InChI is InChI=1S/C12H7Cl3O/c13-9-5-1-3-7(11(9)15)8-4-2-6-10(14)12(8)16/h1-6,16H. The molecule has 2 aromatic carbocycles. The summed E-state index contributed by atoms with van der Waals surface area (Å²) in [6.07, 6.45) is 0. The molecule has 0 aromatic heterocycles. The molecule has 0 aliphatic heterocycles. The van der Waals surface area contributed by atoms with Gasteiger partial charge in [-0.1, -0.05) is 59.1 Å². The van der Waals surface area contributed by atoms with Gasteiger partial charge in [-0.15, -0.1) is 0 Å². The highest BCUT2D eigenvalue weighted by Crippen LogP contribution is 2.40. The summed E-state index contributed by atoms with van der Waals surface area (Å²) in [5, 5.41) is 11.0. The molecule has 2 rings (SSSR count). The minimum Gasteiger partial charge on any atom is -0.506 e. The normalized spacial score (nSPS) is 10.4. The number of benzene rings is 2. The van der Waals surface area contributed by atoms with E-state index < -0.39 is 0 Å². The third-order valence-electron chi connectivity index (χ3n) is 2.23. The van der Waals surface area contributed by atoms with Crippen molar-refractivity contribution >= 4 is 34.8 Å². The lowest BCUT2D eigenvalue weighted by molar-refractivity contribution is 0.477. The summed E-state index contributed by atoms with van der Waals surface area (Å²) < 4.78 is 0. The zero-order valence-electron chi connectivity index (χ0n) is 8.05. The maximum atomic E-state index is 9.83. The van der Waals surface area contributed by atoms with E-state index >= 15 is 0 Å². The van der Waals surface area contributed by atoms with Crippen LogP contribution in [0.2, 0.25) is 15.1 Å². The lowest BCUT2D eigenvalue weighted by Crippen LogP contribution is -1.82. The van der Waals surface area contributed by atoms with Gasteiger partial charge in [-0.3, -0.25) is 0 Å². The Kier molecular flexibility index (Phi) is 3.29. The van der Waals surface area contributed by atoms with Crippen LogP contribution in [0.5, 0.6) is 5.75 Å². The fourth-order valence-corrected chi connectivity index (χ4v) is 2.02. The second-order valence-corrected chi connectivity index (χ2v) is 4.43. The van der Waals surface area contributed by atoms with Crippen molar-refractivity contribution in [2.45, 2.75) is 0 Å². The quantitative estimate of drug-likeness (QED) is 0.773. The zero-order chi connectivity index (χ0) is 11.7. The van der Waals surface area contributed by atoms with E-state index in [0.29, 0.717) is 21.2 Å². The molecule has 0 atom stereocenters. The van der Waals surface area contributed by atoms with Gasteiger partial charge in [0, 0.05) is 11.1 Å². The fraction of sp³-hybridized carbons (Fsp3) is 0. The first-order chi connectivity index (χ1) is 7.61. The van der Waals surface area contributed by atoms with Crippen molar-refractivity contribution in [1.29, 1.82) is 0 Å². The van der Waals surface area contributed by atoms with Crippen LogP contribution >= 0.6 is 34.8 Å². The molecule has 16 heavy (non-hydrogen) atoms. The van der Waals surface area contributed by atoms with Crippen LogP contribution in [0.15, 0.2) is 36.4 Å². The van der Waals surface area contributed by atoms with Crippen molar-refractivity contribution in [1.82, 2.24) is 0 Å². The average molecular weight is 274 g/mol. The van der Waals surface area contributed by atoms with Gasteiger partial charge in [-0.05, 0) is 12.1 Å². The number of phenolic OH excluding ortho intramolecular Hbond substituents is 1. The van der Waals surface area contributed by atoms with Gasteiger partial charge in [-0.2, -0.15) is 0 Å². The van der Waals surface area contributed by atoms with Crippen LogP contribution in [0.1, 0.15) is 0 Å². The van der Waals surface area contributed by atoms with Gasteiger partial charge in [0.05, 0.1) is 15.1 Å². The molecule has 0 fully saturated rings. The molecule has 82 valence electrons. The Labute approximate surface area is 108 Å². The summed E-state index contributed by atoms with van der Waals surface area (Å²) in [5.74, 6) is 0.00772.